The number of nitrogens with one attached hydrogen (secondary N) is 1. The molecule has 0 atom stereocenters. The quantitative estimate of drug-likeness (QED) is 0.853. The zero-order valence-electron chi connectivity index (χ0n) is 9.71. The molecular weight excluding hydrogens is 300 g/mol. The van der Waals surface area contributed by atoms with Gasteiger partial charge in [0.05, 0.1) is 10.7 Å². The molecule has 0 bridgehead atoms. The summed E-state index contributed by atoms with van der Waals surface area (Å²) in [6.45, 7) is 4.11. The average Bonchev–Trinajstić information content (AvgIpc) is 2.71. The van der Waals surface area contributed by atoms with E-state index in [0.29, 0.717) is 10.5 Å². The Morgan fingerprint density at radius 1 is 1.53 bits per heavy atom. The maximum atomic E-state index is 5.42. The number of hydrogen-bond donors (Lipinski definition) is 1. The molecule has 90 valence electrons. The van der Waals surface area contributed by atoms with Crippen molar-refractivity contribution in [2.75, 3.05) is 0 Å². The highest BCUT2D eigenvalue weighted by Crippen LogP contribution is 2.24. The lowest BCUT2D eigenvalue weighted by atomic mass is 10.2. The summed E-state index contributed by atoms with van der Waals surface area (Å²) in [5, 5.41) is 0. The molecule has 0 aliphatic heterocycles. The first-order valence-corrected chi connectivity index (χ1v) is 6.66. The van der Waals surface area contributed by atoms with Crippen molar-refractivity contribution in [1.29, 1.82) is 0 Å². The lowest BCUT2D eigenvalue weighted by molar-refractivity contribution is 0.574. The summed E-state index contributed by atoms with van der Waals surface area (Å²) in [4.78, 5) is 7.62. The number of H-pyrrole nitrogens is 1. The third-order valence-corrected chi connectivity index (χ3v) is 3.92. The Labute approximate surface area is 113 Å². The minimum absolute atomic E-state index is 0.568. The molecule has 0 aliphatic carbocycles. The van der Waals surface area contributed by atoms with E-state index in [-0.39, 0.29) is 0 Å². The Bertz CT molecular complexity index is 588. The highest BCUT2D eigenvalue weighted by atomic mass is 79.9. The summed E-state index contributed by atoms with van der Waals surface area (Å²) in [5.74, 6) is 1.45. The summed E-state index contributed by atoms with van der Waals surface area (Å²) in [6.07, 6.45) is 3.63. The fourth-order valence-corrected chi connectivity index (χ4v) is 2.25. The van der Waals surface area contributed by atoms with Gasteiger partial charge < -0.3 is 9.40 Å². The Morgan fingerprint density at radius 3 is 2.88 bits per heavy atom. The molecule has 5 heteroatoms. The number of aryl methyl sites for hydroxylation is 2. The van der Waals surface area contributed by atoms with Crippen LogP contribution < -0.4 is 0 Å². The molecular formula is C12H13BrN2OS. The number of furan rings is 1. The molecule has 0 saturated carbocycles. The van der Waals surface area contributed by atoms with Gasteiger partial charge >= 0.3 is 0 Å². The normalized spacial score (nSPS) is 10.8. The van der Waals surface area contributed by atoms with Gasteiger partial charge in [0.25, 0.3) is 0 Å². The van der Waals surface area contributed by atoms with Crippen molar-refractivity contribution in [2.45, 2.75) is 26.7 Å². The van der Waals surface area contributed by atoms with Gasteiger partial charge in [0, 0.05) is 5.69 Å². The maximum Gasteiger partial charge on any atom is 0.175 e. The first-order valence-electron chi connectivity index (χ1n) is 5.46. The predicted octanol–water partition coefficient (Wildman–Crippen LogP) is 4.42. The van der Waals surface area contributed by atoms with Crippen LogP contribution in [0.5, 0.6) is 0 Å². The summed E-state index contributed by atoms with van der Waals surface area (Å²) in [7, 11) is 0. The molecule has 2 heterocycles. The number of aromatic nitrogens is 2. The largest absolute Gasteiger partial charge is 0.461 e. The summed E-state index contributed by atoms with van der Waals surface area (Å²) in [6, 6.07) is 1.91. The molecule has 2 aromatic heterocycles. The summed E-state index contributed by atoms with van der Waals surface area (Å²) >= 11 is 8.71. The average molecular weight is 313 g/mol. The molecule has 0 amide bonds. The number of aromatic amines is 1. The lowest BCUT2D eigenvalue weighted by Gasteiger charge is -2.06. The van der Waals surface area contributed by atoms with E-state index in [0.717, 1.165) is 34.3 Å². The van der Waals surface area contributed by atoms with E-state index in [4.69, 9.17) is 16.6 Å². The van der Waals surface area contributed by atoms with Crippen molar-refractivity contribution >= 4 is 28.1 Å². The Balaban J connectivity index is 2.57. The number of rotatable bonds is 3. The molecule has 17 heavy (non-hydrogen) atoms. The van der Waals surface area contributed by atoms with E-state index >= 15 is 0 Å². The molecule has 3 nitrogen and oxygen atoms in total. The van der Waals surface area contributed by atoms with Gasteiger partial charge in [0.1, 0.15) is 4.64 Å². The fraction of sp³-hybridized carbons (Fsp3) is 0.333. The maximum absolute atomic E-state index is 5.42. The van der Waals surface area contributed by atoms with Crippen LogP contribution in [-0.4, -0.2) is 9.97 Å². The van der Waals surface area contributed by atoms with Crippen molar-refractivity contribution in [3.05, 3.63) is 32.7 Å². The van der Waals surface area contributed by atoms with E-state index in [1.807, 2.05) is 13.0 Å². The van der Waals surface area contributed by atoms with Gasteiger partial charge in [-0.25, -0.2) is 4.98 Å². The van der Waals surface area contributed by atoms with Crippen LogP contribution in [0, 0.1) is 11.6 Å². The molecule has 2 aromatic rings. The third-order valence-electron chi connectivity index (χ3n) is 2.51. The highest BCUT2D eigenvalue weighted by Gasteiger charge is 2.11. The van der Waals surface area contributed by atoms with E-state index in [2.05, 4.69) is 32.8 Å². The first-order chi connectivity index (χ1) is 8.13. The highest BCUT2D eigenvalue weighted by molar-refractivity contribution is 9.10. The Hall–Kier alpha value is -0.940. The number of nitrogens with zero attached hydrogens (tertiary/aromatic N) is 1. The standard InChI is InChI=1S/C12H13BrN2OS/c1-3-4-8-9(13)12(17)15-11(14-8)10-7(2)5-6-16-10/h5-6H,3-4H2,1-2H3,(H,14,15,17). The van der Waals surface area contributed by atoms with Crippen molar-refractivity contribution < 1.29 is 4.42 Å². The third kappa shape index (κ3) is 2.50. The van der Waals surface area contributed by atoms with Crippen molar-refractivity contribution in [2.24, 2.45) is 0 Å². The van der Waals surface area contributed by atoms with Gasteiger partial charge in [-0.3, -0.25) is 0 Å². The first kappa shape index (κ1) is 12.5. The predicted molar refractivity (Wildman–Crippen MR) is 73.6 cm³/mol. The summed E-state index contributed by atoms with van der Waals surface area (Å²) in [5.41, 5.74) is 2.12. The Kier molecular flexibility index (Phi) is 3.79. The molecule has 0 spiro atoms. The van der Waals surface area contributed by atoms with Crippen LogP contribution in [0.15, 0.2) is 21.2 Å². The van der Waals surface area contributed by atoms with Crippen LogP contribution >= 0.6 is 28.1 Å². The van der Waals surface area contributed by atoms with Crippen LogP contribution in [0.25, 0.3) is 11.6 Å². The van der Waals surface area contributed by atoms with Crippen LogP contribution in [0.3, 0.4) is 0 Å². The molecule has 1 N–H and O–H groups in total. The molecule has 0 radical (unpaired) electrons. The van der Waals surface area contributed by atoms with Gasteiger partial charge in [-0.1, -0.05) is 25.6 Å². The number of hydrogen-bond acceptors (Lipinski definition) is 3. The molecule has 0 aromatic carbocycles. The van der Waals surface area contributed by atoms with Crippen LogP contribution in [-0.2, 0) is 6.42 Å². The van der Waals surface area contributed by atoms with Gasteiger partial charge in [-0.2, -0.15) is 0 Å². The van der Waals surface area contributed by atoms with Gasteiger partial charge in [0.2, 0.25) is 0 Å². The second kappa shape index (κ2) is 5.14. The van der Waals surface area contributed by atoms with Crippen molar-refractivity contribution in [1.82, 2.24) is 9.97 Å². The molecule has 0 aliphatic rings. The minimum atomic E-state index is 0.568. The van der Waals surface area contributed by atoms with Crippen molar-refractivity contribution in [3.63, 3.8) is 0 Å². The van der Waals surface area contributed by atoms with Crippen LogP contribution in [0.2, 0.25) is 0 Å². The molecule has 0 fully saturated rings. The smallest absolute Gasteiger partial charge is 0.175 e. The lowest BCUT2D eigenvalue weighted by Crippen LogP contribution is -1.98. The zero-order valence-corrected chi connectivity index (χ0v) is 12.1. The molecule has 2 rings (SSSR count). The van der Waals surface area contributed by atoms with Gasteiger partial charge in [-0.05, 0) is 40.9 Å². The Morgan fingerprint density at radius 2 is 2.29 bits per heavy atom. The van der Waals surface area contributed by atoms with Crippen LogP contribution in [0.4, 0.5) is 0 Å². The monoisotopic (exact) mass is 312 g/mol. The molecule has 0 unspecified atom stereocenters. The van der Waals surface area contributed by atoms with E-state index in [1.165, 1.54) is 0 Å². The second-order valence-electron chi connectivity index (χ2n) is 3.87. The topological polar surface area (TPSA) is 41.8 Å². The van der Waals surface area contributed by atoms with Gasteiger partial charge in [-0.15, -0.1) is 0 Å². The SMILES string of the molecule is CCCc1[nH]c(-c2occc2C)nc(=S)c1Br. The fourth-order valence-electron chi connectivity index (χ4n) is 1.65. The number of halogens is 1. The van der Waals surface area contributed by atoms with E-state index in [1.54, 1.807) is 6.26 Å². The molecule has 0 saturated heterocycles. The van der Waals surface area contributed by atoms with Crippen molar-refractivity contribution in [3.8, 4) is 11.6 Å². The van der Waals surface area contributed by atoms with E-state index < -0.39 is 0 Å². The zero-order chi connectivity index (χ0) is 12.4. The summed E-state index contributed by atoms with van der Waals surface area (Å²) < 4.78 is 6.87. The minimum Gasteiger partial charge on any atom is -0.461 e. The van der Waals surface area contributed by atoms with Gasteiger partial charge in [0.15, 0.2) is 11.6 Å². The van der Waals surface area contributed by atoms with E-state index in [9.17, 15) is 0 Å². The second-order valence-corrected chi connectivity index (χ2v) is 5.05. The van der Waals surface area contributed by atoms with Crippen LogP contribution in [0.1, 0.15) is 24.6 Å².